The van der Waals surface area contributed by atoms with E-state index < -0.39 is 17.9 Å². The van der Waals surface area contributed by atoms with Crippen LogP contribution in [0.5, 0.6) is 0 Å². The van der Waals surface area contributed by atoms with Crippen molar-refractivity contribution in [2.24, 2.45) is 5.92 Å². The highest BCUT2D eigenvalue weighted by Gasteiger charge is 2.27. The number of hydrogen-bond donors (Lipinski definition) is 3. The minimum Gasteiger partial charge on any atom is -0.480 e. The molecule has 1 aromatic rings. The monoisotopic (exact) mass is 312 g/mol. The molecular formula is C14H20N2O4S. The lowest BCUT2D eigenvalue weighted by atomic mass is 10.0. The third-order valence-corrected chi connectivity index (χ3v) is 4.24. The minimum absolute atomic E-state index is 0.240. The normalized spacial score (nSPS) is 12.1. The predicted molar refractivity (Wildman–Crippen MR) is 81.8 cm³/mol. The molecule has 2 amide bonds. The number of nitrogens with one attached hydrogen (secondary N) is 2. The van der Waals surface area contributed by atoms with E-state index >= 15 is 0 Å². The number of hydrogen-bond acceptors (Lipinski definition) is 4. The topological polar surface area (TPSA) is 95.5 Å². The van der Waals surface area contributed by atoms with Gasteiger partial charge in [-0.25, -0.2) is 4.79 Å². The third kappa shape index (κ3) is 4.04. The number of carboxylic acids is 1. The number of anilines is 1. The molecule has 0 aromatic carbocycles. The number of carbonyl (C=O) groups is 3. The fourth-order valence-corrected chi connectivity index (χ4v) is 2.98. The Bertz CT molecular complexity index is 578. The first-order valence-electron chi connectivity index (χ1n) is 6.56. The maximum absolute atomic E-state index is 12.4. The standard InChI is InChI=1S/C14H20N2O4S/c1-6(2)11(14(19)20)16-12(18)10-7(3)8(4)21-13(10)15-9(5)17/h6,11H,1-5H3,(H,15,17)(H,16,18)(H,19,20). The molecule has 0 aliphatic heterocycles. The van der Waals surface area contributed by atoms with Crippen LogP contribution in [0.25, 0.3) is 0 Å². The van der Waals surface area contributed by atoms with Crippen molar-refractivity contribution in [3.05, 3.63) is 16.0 Å². The largest absolute Gasteiger partial charge is 0.480 e. The second-order valence-electron chi connectivity index (χ2n) is 5.20. The first-order valence-corrected chi connectivity index (χ1v) is 7.38. The van der Waals surface area contributed by atoms with Crippen LogP contribution >= 0.6 is 11.3 Å². The summed E-state index contributed by atoms with van der Waals surface area (Å²) in [7, 11) is 0. The quantitative estimate of drug-likeness (QED) is 0.776. The summed E-state index contributed by atoms with van der Waals surface area (Å²) in [6.45, 7) is 8.43. The maximum Gasteiger partial charge on any atom is 0.326 e. The Kier molecular flexibility index (Phi) is 5.48. The molecule has 0 fully saturated rings. The summed E-state index contributed by atoms with van der Waals surface area (Å²) in [6.07, 6.45) is 0. The predicted octanol–water partition coefficient (Wildman–Crippen LogP) is 2.16. The van der Waals surface area contributed by atoms with Crippen LogP contribution in [0, 0.1) is 19.8 Å². The zero-order valence-corrected chi connectivity index (χ0v) is 13.6. The van der Waals surface area contributed by atoms with Gasteiger partial charge in [0.25, 0.3) is 5.91 Å². The van der Waals surface area contributed by atoms with Crippen LogP contribution in [0.15, 0.2) is 0 Å². The lowest BCUT2D eigenvalue weighted by Gasteiger charge is -2.18. The fourth-order valence-electron chi connectivity index (χ4n) is 1.88. The summed E-state index contributed by atoms with van der Waals surface area (Å²) in [6, 6.07) is -0.970. The Morgan fingerprint density at radius 1 is 1.19 bits per heavy atom. The Hall–Kier alpha value is -1.89. The van der Waals surface area contributed by atoms with Gasteiger partial charge in [-0.15, -0.1) is 11.3 Å². The van der Waals surface area contributed by atoms with Crippen LogP contribution in [-0.4, -0.2) is 28.9 Å². The Morgan fingerprint density at radius 3 is 2.19 bits per heavy atom. The molecule has 1 unspecified atom stereocenters. The van der Waals surface area contributed by atoms with Crippen LogP contribution < -0.4 is 10.6 Å². The van der Waals surface area contributed by atoms with E-state index in [0.29, 0.717) is 10.6 Å². The van der Waals surface area contributed by atoms with Crippen LogP contribution in [0.2, 0.25) is 0 Å². The van der Waals surface area contributed by atoms with E-state index in [9.17, 15) is 14.4 Å². The summed E-state index contributed by atoms with van der Waals surface area (Å²) in [5.74, 6) is -2.08. The van der Waals surface area contributed by atoms with E-state index in [1.165, 1.54) is 18.3 Å². The Morgan fingerprint density at radius 2 is 1.76 bits per heavy atom. The number of aliphatic carboxylic acids is 1. The second-order valence-corrected chi connectivity index (χ2v) is 6.43. The van der Waals surface area contributed by atoms with Crippen molar-refractivity contribution < 1.29 is 19.5 Å². The molecule has 21 heavy (non-hydrogen) atoms. The molecule has 0 saturated heterocycles. The van der Waals surface area contributed by atoms with Crippen molar-refractivity contribution >= 4 is 34.1 Å². The average molecular weight is 312 g/mol. The maximum atomic E-state index is 12.4. The number of thiophene rings is 1. The molecule has 7 heteroatoms. The van der Waals surface area contributed by atoms with Crippen LogP contribution in [0.1, 0.15) is 41.6 Å². The molecule has 0 aliphatic carbocycles. The van der Waals surface area contributed by atoms with E-state index in [2.05, 4.69) is 10.6 Å². The van der Waals surface area contributed by atoms with Crippen molar-refractivity contribution in [2.45, 2.75) is 40.7 Å². The lowest BCUT2D eigenvalue weighted by Crippen LogP contribution is -2.44. The van der Waals surface area contributed by atoms with Crippen LogP contribution in [0.3, 0.4) is 0 Å². The van der Waals surface area contributed by atoms with E-state index in [-0.39, 0.29) is 11.8 Å². The third-order valence-electron chi connectivity index (χ3n) is 3.12. The van der Waals surface area contributed by atoms with Gasteiger partial charge in [-0.05, 0) is 25.3 Å². The summed E-state index contributed by atoms with van der Waals surface area (Å²) in [4.78, 5) is 35.7. The summed E-state index contributed by atoms with van der Waals surface area (Å²) in [5.41, 5.74) is 1.08. The molecule has 0 saturated carbocycles. The van der Waals surface area contributed by atoms with Gasteiger partial charge >= 0.3 is 5.97 Å². The van der Waals surface area contributed by atoms with Gasteiger partial charge in [-0.1, -0.05) is 13.8 Å². The van der Waals surface area contributed by atoms with Crippen LogP contribution in [-0.2, 0) is 9.59 Å². The van der Waals surface area contributed by atoms with E-state index in [1.807, 2.05) is 6.92 Å². The van der Waals surface area contributed by atoms with Crippen molar-refractivity contribution in [1.82, 2.24) is 5.32 Å². The first-order chi connectivity index (χ1) is 9.65. The molecule has 3 N–H and O–H groups in total. The molecule has 1 heterocycles. The molecule has 0 spiro atoms. The second kappa shape index (κ2) is 6.71. The van der Waals surface area contributed by atoms with Gasteiger partial charge in [0.1, 0.15) is 11.0 Å². The highest BCUT2D eigenvalue weighted by molar-refractivity contribution is 7.16. The number of amides is 2. The highest BCUT2D eigenvalue weighted by Crippen LogP contribution is 2.32. The van der Waals surface area contributed by atoms with Crippen molar-refractivity contribution in [3.8, 4) is 0 Å². The molecule has 0 aliphatic rings. The summed E-state index contributed by atoms with van der Waals surface area (Å²) >= 11 is 1.30. The number of rotatable bonds is 5. The highest BCUT2D eigenvalue weighted by atomic mass is 32.1. The molecule has 0 radical (unpaired) electrons. The van der Waals surface area contributed by atoms with Gasteiger partial charge in [-0.3, -0.25) is 9.59 Å². The number of aryl methyl sites for hydroxylation is 1. The van der Waals surface area contributed by atoms with Crippen molar-refractivity contribution in [2.75, 3.05) is 5.32 Å². The number of carboxylic acid groups (broad SMARTS) is 1. The van der Waals surface area contributed by atoms with E-state index in [1.54, 1.807) is 20.8 Å². The van der Waals surface area contributed by atoms with Crippen molar-refractivity contribution in [1.29, 1.82) is 0 Å². The molecular weight excluding hydrogens is 292 g/mol. The Balaban J connectivity index is 3.11. The molecule has 116 valence electrons. The van der Waals surface area contributed by atoms with Crippen molar-refractivity contribution in [3.63, 3.8) is 0 Å². The van der Waals surface area contributed by atoms with Gasteiger partial charge in [0.05, 0.1) is 5.56 Å². The summed E-state index contributed by atoms with van der Waals surface area (Å²) < 4.78 is 0. The minimum atomic E-state index is -1.08. The molecule has 1 atom stereocenters. The smallest absolute Gasteiger partial charge is 0.326 e. The SMILES string of the molecule is CC(=O)Nc1sc(C)c(C)c1C(=O)NC(C(=O)O)C(C)C. The molecule has 1 rings (SSSR count). The van der Waals surface area contributed by atoms with Gasteiger partial charge < -0.3 is 15.7 Å². The van der Waals surface area contributed by atoms with Gasteiger partial charge in [-0.2, -0.15) is 0 Å². The molecule has 0 bridgehead atoms. The van der Waals surface area contributed by atoms with Crippen LogP contribution in [0.4, 0.5) is 5.00 Å². The number of carbonyl (C=O) groups excluding carboxylic acids is 2. The average Bonchev–Trinajstić information content (AvgIpc) is 2.60. The Labute approximate surface area is 127 Å². The van der Waals surface area contributed by atoms with Gasteiger partial charge in [0.15, 0.2) is 0 Å². The lowest BCUT2D eigenvalue weighted by molar-refractivity contribution is -0.140. The molecule has 6 nitrogen and oxygen atoms in total. The van der Waals surface area contributed by atoms with E-state index in [4.69, 9.17) is 5.11 Å². The van der Waals surface area contributed by atoms with Gasteiger partial charge in [0.2, 0.25) is 5.91 Å². The van der Waals surface area contributed by atoms with Gasteiger partial charge in [0, 0.05) is 11.8 Å². The van der Waals surface area contributed by atoms with E-state index in [0.717, 1.165) is 10.4 Å². The first kappa shape index (κ1) is 17.2. The zero-order chi connectivity index (χ0) is 16.3. The fraction of sp³-hybridized carbons (Fsp3) is 0.500. The molecule has 1 aromatic heterocycles. The zero-order valence-electron chi connectivity index (χ0n) is 12.7. The summed E-state index contributed by atoms with van der Waals surface area (Å²) in [5, 5.41) is 14.7.